The maximum atomic E-state index is 5.88. The van der Waals surface area contributed by atoms with Crippen molar-refractivity contribution in [2.75, 3.05) is 12.0 Å². The molecule has 0 amide bonds. The Balaban J connectivity index is 1.76. The lowest BCUT2D eigenvalue weighted by Gasteiger charge is -2.18. The molecule has 108 valence electrons. The molecular formula is C16H11ClN4O. The summed E-state index contributed by atoms with van der Waals surface area (Å²) in [6.45, 7) is 0.436. The molecule has 0 aliphatic carbocycles. The van der Waals surface area contributed by atoms with Crippen LogP contribution in [0.5, 0.6) is 5.75 Å². The molecule has 0 radical (unpaired) electrons. The number of aliphatic imine (C=N–C) groups is 1. The predicted octanol–water partition coefficient (Wildman–Crippen LogP) is 3.49. The second-order valence-electron chi connectivity index (χ2n) is 4.79. The van der Waals surface area contributed by atoms with E-state index in [2.05, 4.69) is 20.5 Å². The minimum absolute atomic E-state index is 0.436. The Labute approximate surface area is 131 Å². The maximum Gasteiger partial charge on any atom is 0.246 e. The number of nitrogens with one attached hydrogen (secondary N) is 1. The monoisotopic (exact) mass is 310 g/mol. The van der Waals surface area contributed by atoms with Gasteiger partial charge in [0.05, 0.1) is 11.2 Å². The Morgan fingerprint density at radius 3 is 2.68 bits per heavy atom. The summed E-state index contributed by atoms with van der Waals surface area (Å²) in [6.07, 6.45) is 0. The van der Waals surface area contributed by atoms with Crippen LogP contribution < -0.4 is 10.1 Å². The van der Waals surface area contributed by atoms with Crippen molar-refractivity contribution < 1.29 is 4.74 Å². The molecule has 0 saturated carbocycles. The molecular weight excluding hydrogens is 300 g/mol. The zero-order valence-electron chi connectivity index (χ0n) is 11.5. The SMILES string of the molecule is Clc1ccc(OC2=NCNc3c2nnc2ccccc32)cc1. The van der Waals surface area contributed by atoms with E-state index >= 15 is 0 Å². The van der Waals surface area contributed by atoms with Gasteiger partial charge in [-0.25, -0.2) is 4.99 Å². The van der Waals surface area contributed by atoms with Gasteiger partial charge in [-0.1, -0.05) is 29.8 Å². The highest BCUT2D eigenvalue weighted by molar-refractivity contribution is 6.30. The van der Waals surface area contributed by atoms with Gasteiger partial charge in [0.1, 0.15) is 12.4 Å². The fourth-order valence-electron chi connectivity index (χ4n) is 2.34. The van der Waals surface area contributed by atoms with Gasteiger partial charge in [-0.2, -0.15) is 0 Å². The van der Waals surface area contributed by atoms with Gasteiger partial charge in [0.2, 0.25) is 5.90 Å². The molecule has 4 rings (SSSR count). The summed E-state index contributed by atoms with van der Waals surface area (Å²) in [5.74, 6) is 1.11. The van der Waals surface area contributed by atoms with Crippen LogP contribution in [0.25, 0.3) is 10.9 Å². The van der Waals surface area contributed by atoms with E-state index < -0.39 is 0 Å². The van der Waals surface area contributed by atoms with E-state index in [-0.39, 0.29) is 0 Å². The highest BCUT2D eigenvalue weighted by Gasteiger charge is 2.20. The van der Waals surface area contributed by atoms with E-state index in [4.69, 9.17) is 16.3 Å². The number of nitrogens with zero attached hydrogens (tertiary/aromatic N) is 3. The topological polar surface area (TPSA) is 59.4 Å². The molecule has 0 spiro atoms. The van der Waals surface area contributed by atoms with Crippen LogP contribution in [0.1, 0.15) is 5.69 Å². The normalized spacial score (nSPS) is 13.2. The molecule has 6 heteroatoms. The molecule has 22 heavy (non-hydrogen) atoms. The third-order valence-corrected chi connectivity index (χ3v) is 3.63. The van der Waals surface area contributed by atoms with Gasteiger partial charge in [0.15, 0.2) is 5.69 Å². The highest BCUT2D eigenvalue weighted by Crippen LogP contribution is 2.27. The van der Waals surface area contributed by atoms with Crippen LogP contribution in [0.15, 0.2) is 53.5 Å². The van der Waals surface area contributed by atoms with Crippen LogP contribution in [0.3, 0.4) is 0 Å². The van der Waals surface area contributed by atoms with Gasteiger partial charge in [0.25, 0.3) is 0 Å². The predicted molar refractivity (Wildman–Crippen MR) is 86.6 cm³/mol. The molecule has 0 fully saturated rings. The lowest BCUT2D eigenvalue weighted by atomic mass is 10.1. The number of anilines is 1. The van der Waals surface area contributed by atoms with Crippen molar-refractivity contribution >= 4 is 34.1 Å². The summed E-state index contributed by atoms with van der Waals surface area (Å²) < 4.78 is 5.83. The maximum absolute atomic E-state index is 5.88. The molecule has 1 aliphatic rings. The van der Waals surface area contributed by atoms with Crippen LogP contribution in [-0.2, 0) is 0 Å². The van der Waals surface area contributed by atoms with Crippen LogP contribution in [0, 0.1) is 0 Å². The molecule has 5 nitrogen and oxygen atoms in total. The summed E-state index contributed by atoms with van der Waals surface area (Å²) in [7, 11) is 0. The van der Waals surface area contributed by atoms with Crippen molar-refractivity contribution in [2.24, 2.45) is 4.99 Å². The average Bonchev–Trinajstić information content (AvgIpc) is 2.57. The van der Waals surface area contributed by atoms with Crippen molar-refractivity contribution in [3.05, 3.63) is 59.2 Å². The number of aromatic nitrogens is 2. The first-order valence-electron chi connectivity index (χ1n) is 6.79. The van der Waals surface area contributed by atoms with E-state index in [1.165, 1.54) is 0 Å². The van der Waals surface area contributed by atoms with Gasteiger partial charge in [-0.05, 0) is 30.3 Å². The molecule has 1 N–H and O–H groups in total. The zero-order valence-corrected chi connectivity index (χ0v) is 12.2. The van der Waals surface area contributed by atoms with Gasteiger partial charge >= 0.3 is 0 Å². The molecule has 0 unspecified atom stereocenters. The molecule has 0 saturated heterocycles. The summed E-state index contributed by atoms with van der Waals surface area (Å²) in [6, 6.07) is 15.0. The lowest BCUT2D eigenvalue weighted by molar-refractivity contribution is 0.544. The number of benzene rings is 2. The number of fused-ring (bicyclic) bond motifs is 3. The molecule has 2 heterocycles. The zero-order chi connectivity index (χ0) is 14.9. The standard InChI is InChI=1S/C16H11ClN4O/c17-10-5-7-11(8-6-10)22-16-15-14(18-9-19-16)12-3-1-2-4-13(12)20-21-15/h1-8,18H,9H2. The fraction of sp³-hybridized carbons (Fsp3) is 0.0625. The summed E-state index contributed by atoms with van der Waals surface area (Å²) in [5.41, 5.74) is 2.34. The number of halogens is 1. The van der Waals surface area contributed by atoms with Gasteiger partial charge in [0, 0.05) is 10.4 Å². The summed E-state index contributed by atoms with van der Waals surface area (Å²) >= 11 is 5.88. The summed E-state index contributed by atoms with van der Waals surface area (Å²) in [5, 5.41) is 13.4. The second kappa shape index (κ2) is 5.27. The van der Waals surface area contributed by atoms with Crippen LogP contribution in [0.2, 0.25) is 5.02 Å². The number of ether oxygens (including phenoxy) is 1. The minimum atomic E-state index is 0.436. The summed E-state index contributed by atoms with van der Waals surface area (Å²) in [4.78, 5) is 4.34. The van der Waals surface area contributed by atoms with Crippen molar-refractivity contribution in [3.63, 3.8) is 0 Å². The third kappa shape index (κ3) is 2.25. The molecule has 1 aromatic heterocycles. The van der Waals surface area contributed by atoms with E-state index in [9.17, 15) is 0 Å². The minimum Gasteiger partial charge on any atom is -0.437 e. The number of hydrogen-bond donors (Lipinski definition) is 1. The Bertz CT molecular complexity index is 877. The smallest absolute Gasteiger partial charge is 0.246 e. The average molecular weight is 311 g/mol. The highest BCUT2D eigenvalue weighted by atomic mass is 35.5. The Morgan fingerprint density at radius 1 is 1.00 bits per heavy atom. The van der Waals surface area contributed by atoms with Gasteiger partial charge in [-0.3, -0.25) is 0 Å². The number of rotatable bonds is 1. The Kier molecular flexibility index (Phi) is 3.12. The van der Waals surface area contributed by atoms with Crippen molar-refractivity contribution in [2.45, 2.75) is 0 Å². The molecule has 0 atom stereocenters. The quantitative estimate of drug-likeness (QED) is 0.747. The molecule has 2 aromatic carbocycles. The molecule has 3 aromatic rings. The fourth-order valence-corrected chi connectivity index (χ4v) is 2.47. The second-order valence-corrected chi connectivity index (χ2v) is 5.23. The lowest BCUT2D eigenvalue weighted by Crippen LogP contribution is -2.22. The Hall–Kier alpha value is -2.66. The third-order valence-electron chi connectivity index (χ3n) is 3.38. The van der Waals surface area contributed by atoms with E-state index in [1.54, 1.807) is 24.3 Å². The van der Waals surface area contributed by atoms with Gasteiger partial charge < -0.3 is 10.1 Å². The largest absolute Gasteiger partial charge is 0.437 e. The van der Waals surface area contributed by atoms with Crippen molar-refractivity contribution in [3.8, 4) is 5.75 Å². The number of hydrogen-bond acceptors (Lipinski definition) is 5. The van der Waals surface area contributed by atoms with Gasteiger partial charge in [-0.15, -0.1) is 10.2 Å². The first-order valence-corrected chi connectivity index (χ1v) is 7.16. The Morgan fingerprint density at radius 2 is 1.82 bits per heavy atom. The van der Waals surface area contributed by atoms with E-state index in [0.29, 0.717) is 29.0 Å². The van der Waals surface area contributed by atoms with Crippen LogP contribution in [0.4, 0.5) is 5.69 Å². The van der Waals surface area contributed by atoms with Crippen molar-refractivity contribution in [1.29, 1.82) is 0 Å². The van der Waals surface area contributed by atoms with Crippen LogP contribution >= 0.6 is 11.6 Å². The van der Waals surface area contributed by atoms with E-state index in [0.717, 1.165) is 16.6 Å². The van der Waals surface area contributed by atoms with Crippen LogP contribution in [-0.4, -0.2) is 22.8 Å². The molecule has 1 aliphatic heterocycles. The van der Waals surface area contributed by atoms with Crippen molar-refractivity contribution in [1.82, 2.24) is 10.2 Å². The molecule has 0 bridgehead atoms. The van der Waals surface area contributed by atoms with E-state index in [1.807, 2.05) is 24.3 Å². The first-order chi connectivity index (χ1) is 10.8. The first kappa shape index (κ1) is 13.0.